The Morgan fingerprint density at radius 3 is 2.60 bits per heavy atom. The van der Waals surface area contributed by atoms with Gasteiger partial charge in [-0.3, -0.25) is 10.1 Å². The van der Waals surface area contributed by atoms with E-state index in [-0.39, 0.29) is 11.7 Å². The van der Waals surface area contributed by atoms with Gasteiger partial charge in [0.1, 0.15) is 6.07 Å². The second-order valence-electron chi connectivity index (χ2n) is 4.63. The summed E-state index contributed by atoms with van der Waals surface area (Å²) in [5.41, 5.74) is 0.867. The first-order valence-electron chi connectivity index (χ1n) is 6.69. The number of anilines is 1. The zero-order valence-corrected chi connectivity index (χ0v) is 12.1. The van der Waals surface area contributed by atoms with Crippen LogP contribution < -0.4 is 5.32 Å². The van der Waals surface area contributed by atoms with Gasteiger partial charge >= 0.3 is 0 Å². The number of nitro groups is 1. The smallest absolute Gasteiger partial charge is 0.270 e. The van der Waals surface area contributed by atoms with Gasteiger partial charge in [-0.1, -0.05) is 13.8 Å². The summed E-state index contributed by atoms with van der Waals surface area (Å²) in [6.45, 7) is 9.02. The summed E-state index contributed by atoms with van der Waals surface area (Å²) < 4.78 is 0. The number of nitriles is 1. The number of rotatable bonds is 7. The summed E-state index contributed by atoms with van der Waals surface area (Å²) in [7, 11) is 0. The molecule has 6 nitrogen and oxygen atoms in total. The van der Waals surface area contributed by atoms with Crippen LogP contribution in [0.2, 0.25) is 0 Å². The lowest BCUT2D eigenvalue weighted by Crippen LogP contribution is -2.34. The Kier molecular flexibility index (Phi) is 5.94. The molecule has 0 fully saturated rings. The third-order valence-electron chi connectivity index (χ3n) is 3.16. The van der Waals surface area contributed by atoms with E-state index in [1.54, 1.807) is 6.07 Å². The van der Waals surface area contributed by atoms with Crippen LogP contribution in [0.1, 0.15) is 26.3 Å². The molecule has 0 aromatic heterocycles. The van der Waals surface area contributed by atoms with Crippen molar-refractivity contribution in [3.05, 3.63) is 33.9 Å². The molecule has 0 amide bonds. The minimum absolute atomic E-state index is 0.0662. The minimum Gasteiger partial charge on any atom is -0.380 e. The van der Waals surface area contributed by atoms with E-state index in [9.17, 15) is 10.1 Å². The number of likely N-dealkylation sites (N-methyl/N-ethyl adjacent to an activating group) is 1. The van der Waals surface area contributed by atoms with Crippen LogP contribution in [0.25, 0.3) is 0 Å². The molecule has 0 saturated heterocycles. The highest BCUT2D eigenvalue weighted by Crippen LogP contribution is 2.22. The van der Waals surface area contributed by atoms with Crippen LogP contribution in [-0.2, 0) is 0 Å². The summed E-state index contributed by atoms with van der Waals surface area (Å²) in [6, 6.07) is 6.45. The number of hydrogen-bond donors (Lipinski definition) is 1. The van der Waals surface area contributed by atoms with Crippen LogP contribution in [0, 0.1) is 21.4 Å². The molecular formula is C14H20N4O2. The highest BCUT2D eigenvalue weighted by Gasteiger charge is 2.13. The molecule has 0 spiro atoms. The normalized spacial score (nSPS) is 11.9. The van der Waals surface area contributed by atoms with E-state index < -0.39 is 4.92 Å². The maximum atomic E-state index is 10.7. The van der Waals surface area contributed by atoms with Crippen LogP contribution in [0.15, 0.2) is 18.2 Å². The van der Waals surface area contributed by atoms with Crippen LogP contribution in [0.3, 0.4) is 0 Å². The molecule has 1 atom stereocenters. The number of nitro benzene ring substituents is 1. The van der Waals surface area contributed by atoms with Crippen molar-refractivity contribution in [1.29, 1.82) is 5.26 Å². The largest absolute Gasteiger partial charge is 0.380 e. The van der Waals surface area contributed by atoms with Crippen LogP contribution >= 0.6 is 0 Å². The topological polar surface area (TPSA) is 82.2 Å². The highest BCUT2D eigenvalue weighted by atomic mass is 16.6. The first-order valence-corrected chi connectivity index (χ1v) is 6.69. The lowest BCUT2D eigenvalue weighted by molar-refractivity contribution is -0.384. The van der Waals surface area contributed by atoms with Crippen molar-refractivity contribution in [1.82, 2.24) is 4.90 Å². The lowest BCUT2D eigenvalue weighted by atomic mass is 10.1. The van der Waals surface area contributed by atoms with Gasteiger partial charge < -0.3 is 10.2 Å². The van der Waals surface area contributed by atoms with E-state index in [0.717, 1.165) is 19.6 Å². The molecule has 0 bridgehead atoms. The molecule has 0 heterocycles. The Balaban J connectivity index is 2.82. The third kappa shape index (κ3) is 4.21. The maximum Gasteiger partial charge on any atom is 0.270 e. The zero-order chi connectivity index (χ0) is 15.1. The Morgan fingerprint density at radius 2 is 2.10 bits per heavy atom. The Bertz CT molecular complexity index is 506. The summed E-state index contributed by atoms with van der Waals surface area (Å²) in [5.74, 6) is 0. The number of hydrogen-bond acceptors (Lipinski definition) is 5. The zero-order valence-electron chi connectivity index (χ0n) is 12.1. The monoisotopic (exact) mass is 276 g/mol. The van der Waals surface area contributed by atoms with Crippen molar-refractivity contribution in [2.24, 2.45) is 0 Å². The van der Waals surface area contributed by atoms with Crippen molar-refractivity contribution >= 4 is 11.4 Å². The molecule has 0 aliphatic carbocycles. The molecule has 1 rings (SSSR count). The highest BCUT2D eigenvalue weighted by molar-refractivity contribution is 5.61. The first kappa shape index (κ1) is 15.9. The van der Waals surface area contributed by atoms with E-state index >= 15 is 0 Å². The fourth-order valence-corrected chi connectivity index (χ4v) is 2.04. The van der Waals surface area contributed by atoms with Crippen molar-refractivity contribution < 1.29 is 4.92 Å². The van der Waals surface area contributed by atoms with Crippen LogP contribution in [0.5, 0.6) is 0 Å². The summed E-state index contributed by atoms with van der Waals surface area (Å²) in [4.78, 5) is 12.5. The van der Waals surface area contributed by atoms with Gasteiger partial charge in [0.05, 0.1) is 16.2 Å². The molecular weight excluding hydrogens is 256 g/mol. The summed E-state index contributed by atoms with van der Waals surface area (Å²) in [5, 5.41) is 23.0. The number of nitrogens with zero attached hydrogens (tertiary/aromatic N) is 3. The molecule has 0 aliphatic heterocycles. The summed E-state index contributed by atoms with van der Waals surface area (Å²) >= 11 is 0. The molecule has 1 aromatic carbocycles. The molecule has 0 radical (unpaired) electrons. The molecule has 1 aromatic rings. The SMILES string of the molecule is CCN(CC)C[C@@H](C)Nc1ccc([N+](=O)[O-])cc1C#N. The Morgan fingerprint density at radius 1 is 1.45 bits per heavy atom. The van der Waals surface area contributed by atoms with Crippen molar-refractivity contribution in [2.75, 3.05) is 25.0 Å². The van der Waals surface area contributed by atoms with Gasteiger partial charge in [0.15, 0.2) is 0 Å². The quantitative estimate of drug-likeness (QED) is 0.611. The van der Waals surface area contributed by atoms with E-state index in [0.29, 0.717) is 11.3 Å². The van der Waals surface area contributed by atoms with E-state index in [1.807, 2.05) is 13.0 Å². The fraction of sp³-hybridized carbons (Fsp3) is 0.500. The molecule has 20 heavy (non-hydrogen) atoms. The average Bonchev–Trinajstić information content (AvgIpc) is 2.44. The van der Waals surface area contributed by atoms with Gasteiger partial charge in [-0.25, -0.2) is 0 Å². The van der Waals surface area contributed by atoms with Gasteiger partial charge in [-0.15, -0.1) is 0 Å². The lowest BCUT2D eigenvalue weighted by Gasteiger charge is -2.24. The second kappa shape index (κ2) is 7.46. The van der Waals surface area contributed by atoms with Gasteiger partial charge in [0.2, 0.25) is 0 Å². The Labute approximate surface area is 119 Å². The van der Waals surface area contributed by atoms with E-state index in [1.165, 1.54) is 12.1 Å². The van der Waals surface area contributed by atoms with Gasteiger partial charge in [0, 0.05) is 24.7 Å². The van der Waals surface area contributed by atoms with Crippen molar-refractivity contribution in [2.45, 2.75) is 26.8 Å². The standard InChI is InChI=1S/C14H20N4O2/c1-4-17(5-2)10-11(3)16-14-7-6-13(18(19)20)8-12(14)9-15/h6-8,11,16H,4-5,10H2,1-3H3/t11-/m1/s1. The minimum atomic E-state index is -0.496. The number of benzene rings is 1. The maximum absolute atomic E-state index is 10.7. The number of non-ortho nitro benzene ring substituents is 1. The second-order valence-corrected chi connectivity index (χ2v) is 4.63. The molecule has 0 unspecified atom stereocenters. The third-order valence-corrected chi connectivity index (χ3v) is 3.16. The molecule has 0 saturated carbocycles. The predicted octanol–water partition coefficient (Wildman–Crippen LogP) is 2.61. The van der Waals surface area contributed by atoms with E-state index in [4.69, 9.17) is 5.26 Å². The molecule has 1 N–H and O–H groups in total. The first-order chi connectivity index (χ1) is 9.51. The number of nitrogens with one attached hydrogen (secondary N) is 1. The predicted molar refractivity (Wildman–Crippen MR) is 78.7 cm³/mol. The van der Waals surface area contributed by atoms with Gasteiger partial charge in [-0.05, 0) is 26.1 Å². The molecule has 0 aliphatic rings. The van der Waals surface area contributed by atoms with Crippen LogP contribution in [-0.4, -0.2) is 35.5 Å². The molecule has 108 valence electrons. The Hall–Kier alpha value is -2.13. The van der Waals surface area contributed by atoms with Crippen molar-refractivity contribution in [3.63, 3.8) is 0 Å². The average molecular weight is 276 g/mol. The molecule has 6 heteroatoms. The van der Waals surface area contributed by atoms with Crippen molar-refractivity contribution in [3.8, 4) is 6.07 Å². The van der Waals surface area contributed by atoms with Gasteiger partial charge in [-0.2, -0.15) is 5.26 Å². The van der Waals surface area contributed by atoms with Gasteiger partial charge in [0.25, 0.3) is 5.69 Å². The summed E-state index contributed by atoms with van der Waals surface area (Å²) in [6.07, 6.45) is 0. The van der Waals surface area contributed by atoms with Crippen LogP contribution in [0.4, 0.5) is 11.4 Å². The fourth-order valence-electron chi connectivity index (χ4n) is 2.04. The van der Waals surface area contributed by atoms with E-state index in [2.05, 4.69) is 24.1 Å².